The average molecular weight is 210 g/mol. The Labute approximate surface area is 92.0 Å². The van der Waals surface area contributed by atoms with Gasteiger partial charge in [-0.05, 0) is 44.9 Å². The van der Waals surface area contributed by atoms with E-state index in [1.807, 2.05) is 4.90 Å². The summed E-state index contributed by atoms with van der Waals surface area (Å²) >= 11 is 0. The lowest BCUT2D eigenvalue weighted by molar-refractivity contribution is -0.141. The Morgan fingerprint density at radius 3 is 2.40 bits per heavy atom. The predicted molar refractivity (Wildman–Crippen MR) is 60.4 cm³/mol. The number of rotatable bonds is 4. The molecule has 15 heavy (non-hydrogen) atoms. The molecule has 0 bridgehead atoms. The lowest BCUT2D eigenvalue weighted by atomic mass is 9.76. The lowest BCUT2D eigenvalue weighted by Gasteiger charge is -2.42. The molecule has 0 atom stereocenters. The molecule has 3 nitrogen and oxygen atoms in total. The summed E-state index contributed by atoms with van der Waals surface area (Å²) in [7, 11) is 0. The second-order valence-electron chi connectivity index (χ2n) is 5.15. The number of hydrogen-bond acceptors (Lipinski definition) is 2. The van der Waals surface area contributed by atoms with Gasteiger partial charge in [0.1, 0.15) is 0 Å². The summed E-state index contributed by atoms with van der Waals surface area (Å²) in [5.41, 5.74) is 5.57. The maximum Gasteiger partial charge on any atom is 0.242 e. The van der Waals surface area contributed by atoms with Gasteiger partial charge >= 0.3 is 0 Å². The zero-order chi connectivity index (χ0) is 10.9. The van der Waals surface area contributed by atoms with Crippen LogP contribution in [0.2, 0.25) is 0 Å². The van der Waals surface area contributed by atoms with E-state index < -0.39 is 5.54 Å². The maximum absolute atomic E-state index is 12.2. The third-order valence-corrected chi connectivity index (χ3v) is 4.04. The van der Waals surface area contributed by atoms with Crippen molar-refractivity contribution in [3.63, 3.8) is 0 Å². The summed E-state index contributed by atoms with van der Waals surface area (Å²) in [6, 6.07) is 0. The zero-order valence-electron chi connectivity index (χ0n) is 9.67. The molecule has 0 radical (unpaired) electrons. The molecule has 2 saturated carbocycles. The number of carbonyl (C=O) groups excluding carboxylic acids is 1. The number of amides is 1. The van der Waals surface area contributed by atoms with Crippen LogP contribution in [0, 0.1) is 5.92 Å². The topological polar surface area (TPSA) is 46.3 Å². The summed E-state index contributed by atoms with van der Waals surface area (Å²) in [6.45, 7) is 3.81. The van der Waals surface area contributed by atoms with E-state index in [0.29, 0.717) is 0 Å². The van der Waals surface area contributed by atoms with E-state index in [2.05, 4.69) is 6.92 Å². The molecule has 1 amide bonds. The van der Waals surface area contributed by atoms with Crippen LogP contribution < -0.4 is 5.73 Å². The van der Waals surface area contributed by atoms with Gasteiger partial charge in [-0.3, -0.25) is 4.79 Å². The van der Waals surface area contributed by atoms with E-state index in [0.717, 1.165) is 38.3 Å². The molecule has 0 aromatic carbocycles. The number of hydrogen-bond donors (Lipinski definition) is 1. The molecule has 0 unspecified atom stereocenters. The van der Waals surface area contributed by atoms with Gasteiger partial charge in [-0.25, -0.2) is 0 Å². The second-order valence-corrected chi connectivity index (χ2v) is 5.15. The molecule has 2 aliphatic rings. The molecule has 2 rings (SSSR count). The summed E-state index contributed by atoms with van der Waals surface area (Å²) in [6.07, 6.45) is 6.80. The van der Waals surface area contributed by atoms with Crippen LogP contribution in [-0.4, -0.2) is 29.4 Å². The quantitative estimate of drug-likeness (QED) is 0.764. The highest BCUT2D eigenvalue weighted by molar-refractivity contribution is 5.87. The van der Waals surface area contributed by atoms with Gasteiger partial charge in [0.25, 0.3) is 0 Å². The number of nitrogens with zero attached hydrogens (tertiary/aromatic N) is 1. The SMILES string of the molecule is CCN(CC1CCC1)C(=O)C1(N)CCC1. The molecule has 0 heterocycles. The fourth-order valence-corrected chi connectivity index (χ4v) is 2.43. The first-order chi connectivity index (χ1) is 7.15. The minimum atomic E-state index is -0.500. The highest BCUT2D eigenvalue weighted by Gasteiger charge is 2.42. The van der Waals surface area contributed by atoms with Crippen LogP contribution in [0.3, 0.4) is 0 Å². The van der Waals surface area contributed by atoms with Gasteiger partial charge in [-0.2, -0.15) is 0 Å². The van der Waals surface area contributed by atoms with E-state index in [9.17, 15) is 4.79 Å². The van der Waals surface area contributed by atoms with Gasteiger partial charge in [-0.15, -0.1) is 0 Å². The van der Waals surface area contributed by atoms with Crippen LogP contribution >= 0.6 is 0 Å². The number of nitrogens with two attached hydrogens (primary N) is 1. The van der Waals surface area contributed by atoms with Crippen LogP contribution in [0.4, 0.5) is 0 Å². The normalized spacial score (nSPS) is 24.1. The highest BCUT2D eigenvalue weighted by atomic mass is 16.2. The Hall–Kier alpha value is -0.570. The molecule has 2 fully saturated rings. The van der Waals surface area contributed by atoms with E-state index >= 15 is 0 Å². The number of likely N-dealkylation sites (N-methyl/N-ethyl adjacent to an activating group) is 1. The molecule has 0 aromatic rings. The fraction of sp³-hybridized carbons (Fsp3) is 0.917. The van der Waals surface area contributed by atoms with E-state index in [4.69, 9.17) is 5.73 Å². The molecular formula is C12H22N2O. The van der Waals surface area contributed by atoms with Gasteiger partial charge in [0.05, 0.1) is 5.54 Å². The Morgan fingerprint density at radius 1 is 1.40 bits per heavy atom. The van der Waals surface area contributed by atoms with E-state index in [1.54, 1.807) is 0 Å². The third-order valence-electron chi connectivity index (χ3n) is 4.04. The van der Waals surface area contributed by atoms with E-state index in [1.165, 1.54) is 19.3 Å². The highest BCUT2D eigenvalue weighted by Crippen LogP contribution is 2.33. The smallest absolute Gasteiger partial charge is 0.242 e. The first-order valence-corrected chi connectivity index (χ1v) is 6.24. The molecule has 0 aliphatic heterocycles. The molecule has 0 spiro atoms. The first-order valence-electron chi connectivity index (χ1n) is 6.24. The third kappa shape index (κ3) is 2.03. The molecule has 3 heteroatoms. The van der Waals surface area contributed by atoms with Crippen LogP contribution in [0.5, 0.6) is 0 Å². The van der Waals surface area contributed by atoms with Gasteiger partial charge < -0.3 is 10.6 Å². The van der Waals surface area contributed by atoms with Crippen molar-refractivity contribution in [3.8, 4) is 0 Å². The molecule has 0 aromatic heterocycles. The van der Waals surface area contributed by atoms with Crippen molar-refractivity contribution in [1.29, 1.82) is 0 Å². The minimum Gasteiger partial charge on any atom is -0.341 e. The van der Waals surface area contributed by atoms with Crippen molar-refractivity contribution in [2.45, 2.75) is 51.0 Å². The van der Waals surface area contributed by atoms with Crippen molar-refractivity contribution in [1.82, 2.24) is 4.90 Å². The molecular weight excluding hydrogens is 188 g/mol. The van der Waals surface area contributed by atoms with Crippen molar-refractivity contribution < 1.29 is 4.79 Å². The second kappa shape index (κ2) is 4.12. The maximum atomic E-state index is 12.2. The minimum absolute atomic E-state index is 0.197. The van der Waals surface area contributed by atoms with Crippen molar-refractivity contribution in [2.24, 2.45) is 11.7 Å². The van der Waals surface area contributed by atoms with Gasteiger partial charge in [0.15, 0.2) is 0 Å². The lowest BCUT2D eigenvalue weighted by Crippen LogP contribution is -2.60. The Bertz CT molecular complexity index is 244. The summed E-state index contributed by atoms with van der Waals surface area (Å²) in [5, 5.41) is 0. The van der Waals surface area contributed by atoms with Crippen LogP contribution in [0.1, 0.15) is 45.4 Å². The fourth-order valence-electron chi connectivity index (χ4n) is 2.43. The molecule has 2 aliphatic carbocycles. The number of carbonyl (C=O) groups is 1. The Morgan fingerprint density at radius 2 is 2.07 bits per heavy atom. The first kappa shape index (κ1) is 10.9. The molecule has 86 valence electrons. The summed E-state index contributed by atoms with van der Waals surface area (Å²) < 4.78 is 0. The summed E-state index contributed by atoms with van der Waals surface area (Å²) in [4.78, 5) is 14.1. The average Bonchev–Trinajstić information content (AvgIpc) is 2.12. The van der Waals surface area contributed by atoms with Gasteiger partial charge in [0.2, 0.25) is 5.91 Å². The van der Waals surface area contributed by atoms with Crippen LogP contribution in [-0.2, 0) is 4.79 Å². The zero-order valence-corrected chi connectivity index (χ0v) is 9.67. The Kier molecular flexibility index (Phi) is 3.01. The van der Waals surface area contributed by atoms with Crippen molar-refractivity contribution in [2.75, 3.05) is 13.1 Å². The van der Waals surface area contributed by atoms with Gasteiger partial charge in [-0.1, -0.05) is 6.42 Å². The molecule has 2 N–H and O–H groups in total. The Balaban J connectivity index is 1.89. The summed E-state index contributed by atoms with van der Waals surface area (Å²) in [5.74, 6) is 0.945. The van der Waals surface area contributed by atoms with Crippen LogP contribution in [0.15, 0.2) is 0 Å². The van der Waals surface area contributed by atoms with Crippen molar-refractivity contribution >= 4 is 5.91 Å². The van der Waals surface area contributed by atoms with Crippen molar-refractivity contribution in [3.05, 3.63) is 0 Å². The molecule has 0 saturated heterocycles. The standard InChI is InChI=1S/C12H22N2O/c1-2-14(9-10-5-3-6-10)11(15)12(13)7-4-8-12/h10H,2-9,13H2,1H3. The van der Waals surface area contributed by atoms with Gasteiger partial charge in [0, 0.05) is 13.1 Å². The monoisotopic (exact) mass is 210 g/mol. The predicted octanol–water partition coefficient (Wildman–Crippen LogP) is 1.52. The largest absolute Gasteiger partial charge is 0.341 e. The van der Waals surface area contributed by atoms with Crippen LogP contribution in [0.25, 0.3) is 0 Å². The van der Waals surface area contributed by atoms with E-state index in [-0.39, 0.29) is 5.91 Å².